The van der Waals surface area contributed by atoms with Crippen molar-refractivity contribution in [1.29, 1.82) is 0 Å². The molecule has 0 bridgehead atoms. The molecular formula is C12H16Br2N2O2. The van der Waals surface area contributed by atoms with E-state index >= 15 is 0 Å². The van der Waals surface area contributed by atoms with Gasteiger partial charge in [-0.2, -0.15) is 0 Å². The second-order valence-electron chi connectivity index (χ2n) is 4.04. The van der Waals surface area contributed by atoms with E-state index in [-0.39, 0.29) is 18.5 Å². The van der Waals surface area contributed by atoms with Crippen molar-refractivity contribution < 1.29 is 9.53 Å². The highest BCUT2D eigenvalue weighted by molar-refractivity contribution is 9.11. The first-order valence-electron chi connectivity index (χ1n) is 5.50. The fourth-order valence-corrected chi connectivity index (χ4v) is 2.67. The summed E-state index contributed by atoms with van der Waals surface area (Å²) in [6, 6.07) is 3.85. The van der Waals surface area contributed by atoms with Crippen LogP contribution in [0, 0.1) is 0 Å². The maximum atomic E-state index is 11.5. The summed E-state index contributed by atoms with van der Waals surface area (Å²) < 4.78 is 6.93. The van der Waals surface area contributed by atoms with Gasteiger partial charge >= 0.3 is 0 Å². The molecule has 4 nitrogen and oxygen atoms in total. The number of ether oxygens (including phenoxy) is 1. The number of halogens is 2. The molecule has 0 saturated carbocycles. The van der Waals surface area contributed by atoms with Crippen LogP contribution < -0.4 is 15.4 Å². The molecule has 0 unspecified atom stereocenters. The molecule has 6 heteroatoms. The smallest absolute Gasteiger partial charge is 0.239 e. The number of benzene rings is 1. The summed E-state index contributed by atoms with van der Waals surface area (Å²) in [5.74, 6) is 0.670. The number of methoxy groups -OCH3 is 1. The SMILES string of the molecule is COc1cc(NCC(=O)NC(C)C)c(Br)cc1Br. The fraction of sp³-hybridized carbons (Fsp3) is 0.417. The van der Waals surface area contributed by atoms with Gasteiger partial charge in [0.25, 0.3) is 0 Å². The number of nitrogens with one attached hydrogen (secondary N) is 2. The summed E-state index contributed by atoms with van der Waals surface area (Å²) in [6.45, 7) is 4.08. The quantitative estimate of drug-likeness (QED) is 0.826. The zero-order chi connectivity index (χ0) is 13.7. The standard InChI is InChI=1S/C12H16Br2N2O2/c1-7(2)16-12(17)6-15-10-5-11(18-3)9(14)4-8(10)13/h4-5,7,15H,6H2,1-3H3,(H,16,17). The Kier molecular flexibility index (Phi) is 5.95. The molecule has 0 atom stereocenters. The van der Waals surface area contributed by atoms with Crippen molar-refractivity contribution in [3.8, 4) is 5.75 Å². The van der Waals surface area contributed by atoms with Crippen LogP contribution in [0.4, 0.5) is 5.69 Å². The minimum atomic E-state index is -0.0428. The van der Waals surface area contributed by atoms with E-state index in [4.69, 9.17) is 4.74 Å². The topological polar surface area (TPSA) is 50.4 Å². The van der Waals surface area contributed by atoms with E-state index in [1.807, 2.05) is 26.0 Å². The van der Waals surface area contributed by atoms with Gasteiger partial charge in [-0.05, 0) is 51.8 Å². The highest BCUT2D eigenvalue weighted by Gasteiger charge is 2.09. The summed E-state index contributed by atoms with van der Waals surface area (Å²) >= 11 is 6.82. The molecule has 0 spiro atoms. The van der Waals surface area contributed by atoms with E-state index in [0.717, 1.165) is 14.6 Å². The number of anilines is 1. The molecular weight excluding hydrogens is 364 g/mol. The van der Waals surface area contributed by atoms with Crippen molar-refractivity contribution in [1.82, 2.24) is 5.32 Å². The van der Waals surface area contributed by atoms with E-state index in [2.05, 4.69) is 42.5 Å². The van der Waals surface area contributed by atoms with Crippen LogP contribution in [0.1, 0.15) is 13.8 Å². The molecule has 0 aliphatic rings. The van der Waals surface area contributed by atoms with Gasteiger partial charge in [0, 0.05) is 16.6 Å². The van der Waals surface area contributed by atoms with E-state index in [1.165, 1.54) is 0 Å². The Hall–Kier alpha value is -0.750. The average Bonchev–Trinajstić information content (AvgIpc) is 2.27. The molecule has 0 aromatic heterocycles. The Morgan fingerprint density at radius 2 is 2.00 bits per heavy atom. The van der Waals surface area contributed by atoms with Gasteiger partial charge in [-0.3, -0.25) is 4.79 Å². The minimum absolute atomic E-state index is 0.0428. The molecule has 18 heavy (non-hydrogen) atoms. The Morgan fingerprint density at radius 1 is 1.33 bits per heavy atom. The van der Waals surface area contributed by atoms with Gasteiger partial charge in [-0.1, -0.05) is 0 Å². The largest absolute Gasteiger partial charge is 0.495 e. The van der Waals surface area contributed by atoms with Crippen molar-refractivity contribution in [2.75, 3.05) is 19.0 Å². The summed E-state index contributed by atoms with van der Waals surface area (Å²) in [4.78, 5) is 11.5. The highest BCUT2D eigenvalue weighted by atomic mass is 79.9. The first kappa shape index (κ1) is 15.3. The van der Waals surface area contributed by atoms with Gasteiger partial charge in [0.2, 0.25) is 5.91 Å². The van der Waals surface area contributed by atoms with Gasteiger partial charge in [0.1, 0.15) is 5.75 Å². The van der Waals surface area contributed by atoms with Crippen LogP contribution in [0.2, 0.25) is 0 Å². The number of amides is 1. The Labute approximate surface area is 124 Å². The lowest BCUT2D eigenvalue weighted by atomic mass is 10.3. The van der Waals surface area contributed by atoms with Gasteiger partial charge in [-0.15, -0.1) is 0 Å². The fourth-order valence-electron chi connectivity index (χ4n) is 1.37. The van der Waals surface area contributed by atoms with Crippen LogP contribution in [0.15, 0.2) is 21.1 Å². The number of carbonyl (C=O) groups is 1. The molecule has 1 aromatic carbocycles. The van der Waals surface area contributed by atoms with Crippen molar-refractivity contribution in [3.05, 3.63) is 21.1 Å². The summed E-state index contributed by atoms with van der Waals surface area (Å²) in [5.41, 5.74) is 0.814. The minimum Gasteiger partial charge on any atom is -0.495 e. The number of hydrogen-bond acceptors (Lipinski definition) is 3. The molecule has 1 amide bonds. The Balaban J connectivity index is 2.70. The van der Waals surface area contributed by atoms with Crippen LogP contribution in [0.5, 0.6) is 5.75 Å². The van der Waals surface area contributed by atoms with Crippen molar-refractivity contribution in [2.45, 2.75) is 19.9 Å². The molecule has 100 valence electrons. The monoisotopic (exact) mass is 378 g/mol. The van der Waals surface area contributed by atoms with E-state index in [0.29, 0.717) is 5.75 Å². The lowest BCUT2D eigenvalue weighted by Crippen LogP contribution is -2.34. The van der Waals surface area contributed by atoms with Gasteiger partial charge in [0.05, 0.1) is 23.8 Å². The number of carbonyl (C=O) groups excluding carboxylic acids is 1. The molecule has 0 aliphatic heterocycles. The third-order valence-corrected chi connectivity index (χ3v) is 3.41. The maximum absolute atomic E-state index is 11.5. The first-order chi connectivity index (χ1) is 8.43. The number of hydrogen-bond donors (Lipinski definition) is 2. The lowest BCUT2D eigenvalue weighted by Gasteiger charge is -2.13. The molecule has 0 fully saturated rings. The molecule has 0 radical (unpaired) electrons. The lowest BCUT2D eigenvalue weighted by molar-refractivity contribution is -0.119. The maximum Gasteiger partial charge on any atom is 0.239 e. The first-order valence-corrected chi connectivity index (χ1v) is 7.09. The van der Waals surface area contributed by atoms with Gasteiger partial charge in [0.15, 0.2) is 0 Å². The second-order valence-corrected chi connectivity index (χ2v) is 5.75. The normalized spacial score (nSPS) is 10.3. The molecule has 1 aromatic rings. The highest BCUT2D eigenvalue weighted by Crippen LogP contribution is 2.34. The van der Waals surface area contributed by atoms with Crippen LogP contribution in [-0.4, -0.2) is 25.6 Å². The molecule has 0 aliphatic carbocycles. The van der Waals surface area contributed by atoms with E-state index in [1.54, 1.807) is 7.11 Å². The van der Waals surface area contributed by atoms with Crippen LogP contribution in [-0.2, 0) is 4.79 Å². The third-order valence-electron chi connectivity index (χ3n) is 2.13. The Morgan fingerprint density at radius 3 is 2.56 bits per heavy atom. The average molecular weight is 380 g/mol. The van der Waals surface area contributed by atoms with E-state index < -0.39 is 0 Å². The predicted molar refractivity (Wildman–Crippen MR) is 80.2 cm³/mol. The van der Waals surface area contributed by atoms with Crippen LogP contribution >= 0.6 is 31.9 Å². The van der Waals surface area contributed by atoms with Crippen molar-refractivity contribution >= 4 is 43.5 Å². The zero-order valence-electron chi connectivity index (χ0n) is 10.5. The van der Waals surface area contributed by atoms with Gasteiger partial charge in [-0.25, -0.2) is 0 Å². The van der Waals surface area contributed by atoms with Gasteiger partial charge < -0.3 is 15.4 Å². The van der Waals surface area contributed by atoms with Crippen LogP contribution in [0.3, 0.4) is 0 Å². The molecule has 0 heterocycles. The van der Waals surface area contributed by atoms with Crippen molar-refractivity contribution in [3.63, 3.8) is 0 Å². The van der Waals surface area contributed by atoms with Crippen LogP contribution in [0.25, 0.3) is 0 Å². The summed E-state index contributed by atoms with van der Waals surface area (Å²) in [6.07, 6.45) is 0. The zero-order valence-corrected chi connectivity index (χ0v) is 13.7. The number of rotatable bonds is 5. The molecule has 2 N–H and O–H groups in total. The predicted octanol–water partition coefficient (Wildman–Crippen LogP) is 3.16. The molecule has 1 rings (SSSR count). The summed E-state index contributed by atoms with van der Waals surface area (Å²) in [5, 5.41) is 5.88. The molecule has 0 saturated heterocycles. The third kappa shape index (κ3) is 4.49. The van der Waals surface area contributed by atoms with E-state index in [9.17, 15) is 4.79 Å². The van der Waals surface area contributed by atoms with Crippen molar-refractivity contribution in [2.24, 2.45) is 0 Å². The summed E-state index contributed by atoms with van der Waals surface area (Å²) in [7, 11) is 1.60. The Bertz CT molecular complexity index is 436. The second kappa shape index (κ2) is 6.99.